The topological polar surface area (TPSA) is 104 Å². The minimum Gasteiger partial charge on any atom is -0.497 e. The predicted octanol–water partition coefficient (Wildman–Crippen LogP) is 2.35. The molecule has 132 valence electrons. The molecule has 1 aromatic carbocycles. The van der Waals surface area contributed by atoms with E-state index in [1.165, 1.54) is 14.2 Å². The smallest absolute Gasteiger partial charge is 0.338 e. The van der Waals surface area contributed by atoms with E-state index in [1.807, 2.05) is 6.07 Å². The maximum Gasteiger partial charge on any atom is 0.338 e. The van der Waals surface area contributed by atoms with Crippen LogP contribution >= 0.6 is 0 Å². The zero-order chi connectivity index (χ0) is 18.6. The van der Waals surface area contributed by atoms with Crippen LogP contribution in [0.5, 0.6) is 11.5 Å². The van der Waals surface area contributed by atoms with E-state index in [-0.39, 0.29) is 23.6 Å². The van der Waals surface area contributed by atoms with Crippen LogP contribution in [0.25, 0.3) is 0 Å². The Morgan fingerprint density at radius 1 is 1.28 bits per heavy atom. The maximum atomic E-state index is 12.5. The van der Waals surface area contributed by atoms with Crippen molar-refractivity contribution >= 4 is 5.97 Å². The summed E-state index contributed by atoms with van der Waals surface area (Å²) in [5.41, 5.74) is 6.84. The van der Waals surface area contributed by atoms with Gasteiger partial charge in [-0.1, -0.05) is 0 Å². The van der Waals surface area contributed by atoms with E-state index in [4.69, 9.17) is 24.7 Å². The predicted molar refractivity (Wildman–Crippen MR) is 89.5 cm³/mol. The lowest BCUT2D eigenvalue weighted by molar-refractivity contribution is -0.139. The first kappa shape index (κ1) is 18.2. The number of benzene rings is 1. The van der Waals surface area contributed by atoms with E-state index in [1.54, 1.807) is 32.0 Å². The van der Waals surface area contributed by atoms with Gasteiger partial charge in [-0.25, -0.2) is 4.79 Å². The average Bonchev–Trinajstić information content (AvgIpc) is 2.60. The van der Waals surface area contributed by atoms with Crippen LogP contribution in [0.15, 0.2) is 41.0 Å². The molecule has 0 aromatic heterocycles. The highest BCUT2D eigenvalue weighted by atomic mass is 16.5. The molecule has 0 radical (unpaired) electrons. The number of rotatable bonds is 5. The molecule has 0 saturated carbocycles. The van der Waals surface area contributed by atoms with Crippen molar-refractivity contribution < 1.29 is 23.7 Å². The maximum absolute atomic E-state index is 12.5. The summed E-state index contributed by atoms with van der Waals surface area (Å²) in [5.74, 6) is 0.00513. The first-order chi connectivity index (χ1) is 12.0. The normalized spacial score (nSPS) is 16.8. The van der Waals surface area contributed by atoms with Gasteiger partial charge in [0, 0.05) is 6.07 Å². The standard InChI is InChI=1S/C18H20N2O5/c1-5-24-18(21)15-10(2)25-17(20)14(9-19)16(15)11-6-12(22-3)8-13(7-11)23-4/h6-8,16H,5,20H2,1-4H3. The van der Waals surface area contributed by atoms with Gasteiger partial charge in [0.15, 0.2) is 0 Å². The Balaban J connectivity index is 2.68. The van der Waals surface area contributed by atoms with Crippen molar-refractivity contribution in [3.8, 4) is 17.6 Å². The Kier molecular flexibility index (Phi) is 5.55. The molecule has 0 saturated heterocycles. The molecule has 1 aromatic rings. The van der Waals surface area contributed by atoms with Crippen molar-refractivity contribution in [2.24, 2.45) is 5.73 Å². The fraction of sp³-hybridized carbons (Fsp3) is 0.333. The SMILES string of the molecule is CCOC(=O)C1=C(C)OC(N)=C(C#N)C1c1cc(OC)cc(OC)c1. The van der Waals surface area contributed by atoms with Gasteiger partial charge in [0.25, 0.3) is 0 Å². The molecular weight excluding hydrogens is 324 g/mol. The van der Waals surface area contributed by atoms with E-state index in [0.717, 1.165) is 0 Å². The van der Waals surface area contributed by atoms with Gasteiger partial charge in [0.1, 0.15) is 28.9 Å². The fourth-order valence-corrected chi connectivity index (χ4v) is 2.68. The molecule has 0 amide bonds. The van der Waals surface area contributed by atoms with Crippen LogP contribution in [0.4, 0.5) is 0 Å². The van der Waals surface area contributed by atoms with Crippen molar-refractivity contribution in [2.75, 3.05) is 20.8 Å². The number of nitrogens with two attached hydrogens (primary N) is 1. The Hall–Kier alpha value is -3.14. The highest BCUT2D eigenvalue weighted by Gasteiger charge is 2.36. The zero-order valence-corrected chi connectivity index (χ0v) is 14.6. The number of ether oxygens (including phenoxy) is 4. The molecular formula is C18H20N2O5. The summed E-state index contributed by atoms with van der Waals surface area (Å²) in [4.78, 5) is 12.5. The summed E-state index contributed by atoms with van der Waals surface area (Å²) in [6.07, 6.45) is 0. The molecule has 0 bridgehead atoms. The van der Waals surface area contributed by atoms with E-state index in [0.29, 0.717) is 22.8 Å². The van der Waals surface area contributed by atoms with Gasteiger partial charge in [-0.2, -0.15) is 5.26 Å². The molecule has 2 rings (SSSR count). The summed E-state index contributed by atoms with van der Waals surface area (Å²) in [6.45, 7) is 3.51. The van der Waals surface area contributed by atoms with Gasteiger partial charge < -0.3 is 24.7 Å². The molecule has 2 N–H and O–H groups in total. The van der Waals surface area contributed by atoms with Gasteiger partial charge in [-0.3, -0.25) is 0 Å². The zero-order valence-electron chi connectivity index (χ0n) is 14.6. The second-order valence-corrected chi connectivity index (χ2v) is 5.26. The summed E-state index contributed by atoms with van der Waals surface area (Å²) in [7, 11) is 3.04. The van der Waals surface area contributed by atoms with Crippen LogP contribution in [0.1, 0.15) is 25.3 Å². The van der Waals surface area contributed by atoms with Crippen LogP contribution in [0, 0.1) is 11.3 Å². The molecule has 0 fully saturated rings. The molecule has 25 heavy (non-hydrogen) atoms. The molecule has 1 aliphatic heterocycles. The first-order valence-electron chi connectivity index (χ1n) is 7.65. The number of allylic oxidation sites excluding steroid dienone is 2. The number of methoxy groups -OCH3 is 2. The summed E-state index contributed by atoms with van der Waals surface area (Å²) in [5, 5.41) is 9.56. The van der Waals surface area contributed by atoms with Gasteiger partial charge in [-0.05, 0) is 31.5 Å². The summed E-state index contributed by atoms with van der Waals surface area (Å²) >= 11 is 0. The van der Waals surface area contributed by atoms with Crippen molar-refractivity contribution in [1.82, 2.24) is 0 Å². The molecule has 7 heteroatoms. The number of carbonyl (C=O) groups excluding carboxylic acids is 1. The van der Waals surface area contributed by atoms with Crippen molar-refractivity contribution in [3.63, 3.8) is 0 Å². The highest BCUT2D eigenvalue weighted by molar-refractivity contribution is 5.92. The monoisotopic (exact) mass is 344 g/mol. The first-order valence-corrected chi connectivity index (χ1v) is 7.65. The lowest BCUT2D eigenvalue weighted by Crippen LogP contribution is -2.25. The van der Waals surface area contributed by atoms with Crippen molar-refractivity contribution in [2.45, 2.75) is 19.8 Å². The third-order valence-corrected chi connectivity index (χ3v) is 3.81. The molecule has 7 nitrogen and oxygen atoms in total. The van der Waals surface area contributed by atoms with Gasteiger partial charge in [-0.15, -0.1) is 0 Å². The molecule has 1 unspecified atom stereocenters. The number of hydrogen-bond acceptors (Lipinski definition) is 7. The summed E-state index contributed by atoms with van der Waals surface area (Å²) < 4.78 is 21.1. The minimum atomic E-state index is -0.734. The Morgan fingerprint density at radius 3 is 2.36 bits per heavy atom. The molecule has 1 aliphatic rings. The highest BCUT2D eigenvalue weighted by Crippen LogP contribution is 2.41. The van der Waals surface area contributed by atoms with Crippen LogP contribution in [-0.2, 0) is 14.3 Å². The van der Waals surface area contributed by atoms with Gasteiger partial charge >= 0.3 is 5.97 Å². The Bertz CT molecular complexity index is 767. The van der Waals surface area contributed by atoms with Crippen LogP contribution < -0.4 is 15.2 Å². The van der Waals surface area contributed by atoms with Gasteiger partial charge in [0.05, 0.1) is 32.3 Å². The largest absolute Gasteiger partial charge is 0.497 e. The van der Waals surface area contributed by atoms with E-state index in [2.05, 4.69) is 0 Å². The fourth-order valence-electron chi connectivity index (χ4n) is 2.68. The number of nitrogens with zero attached hydrogens (tertiary/aromatic N) is 1. The van der Waals surface area contributed by atoms with E-state index < -0.39 is 11.9 Å². The lowest BCUT2D eigenvalue weighted by Gasteiger charge is -2.27. The number of esters is 1. The number of carbonyl (C=O) groups is 1. The third-order valence-electron chi connectivity index (χ3n) is 3.81. The van der Waals surface area contributed by atoms with E-state index in [9.17, 15) is 10.1 Å². The second-order valence-electron chi connectivity index (χ2n) is 5.26. The second kappa shape index (κ2) is 7.62. The molecule has 1 heterocycles. The van der Waals surface area contributed by atoms with Crippen LogP contribution in [-0.4, -0.2) is 26.8 Å². The summed E-state index contributed by atoms with van der Waals surface area (Å²) in [6, 6.07) is 7.16. The average molecular weight is 344 g/mol. The van der Waals surface area contributed by atoms with E-state index >= 15 is 0 Å². The molecule has 1 atom stereocenters. The van der Waals surface area contributed by atoms with Crippen molar-refractivity contribution in [3.05, 3.63) is 46.6 Å². The van der Waals surface area contributed by atoms with Crippen LogP contribution in [0.3, 0.4) is 0 Å². The minimum absolute atomic E-state index is 0.0418. The lowest BCUT2D eigenvalue weighted by atomic mass is 9.83. The Morgan fingerprint density at radius 2 is 1.88 bits per heavy atom. The van der Waals surface area contributed by atoms with Crippen molar-refractivity contribution in [1.29, 1.82) is 5.26 Å². The third kappa shape index (κ3) is 3.53. The molecule has 0 spiro atoms. The van der Waals surface area contributed by atoms with Gasteiger partial charge in [0.2, 0.25) is 5.88 Å². The Labute approximate surface area is 146 Å². The number of hydrogen-bond donors (Lipinski definition) is 1. The van der Waals surface area contributed by atoms with Crippen LogP contribution in [0.2, 0.25) is 0 Å². The number of nitriles is 1. The molecule has 0 aliphatic carbocycles. The quantitative estimate of drug-likeness (QED) is 0.818.